The van der Waals surface area contributed by atoms with Crippen molar-refractivity contribution in [3.05, 3.63) is 34.9 Å². The summed E-state index contributed by atoms with van der Waals surface area (Å²) in [4.78, 5) is 0. The van der Waals surface area contributed by atoms with Crippen molar-refractivity contribution in [2.45, 2.75) is 39.7 Å². The Bertz CT molecular complexity index is 294. The Labute approximate surface area is 80.4 Å². The fraction of sp³-hybridized carbons (Fsp3) is 0.500. The van der Waals surface area contributed by atoms with E-state index in [-0.39, 0.29) is 0 Å². The molecule has 0 atom stereocenters. The highest BCUT2D eigenvalue weighted by molar-refractivity contribution is 5.33. The van der Waals surface area contributed by atoms with Crippen LogP contribution in [0.5, 0.6) is 0 Å². The van der Waals surface area contributed by atoms with Gasteiger partial charge in [0.2, 0.25) is 0 Å². The van der Waals surface area contributed by atoms with Gasteiger partial charge in [0, 0.05) is 0 Å². The molecule has 1 aromatic carbocycles. The monoisotopic (exact) mass is 178 g/mol. The second kappa shape index (κ2) is 3.51. The first-order valence-corrected chi connectivity index (χ1v) is 4.77. The smallest absolute Gasteiger partial charge is 0.0840 e. The Morgan fingerprint density at radius 1 is 1.31 bits per heavy atom. The Balaban J connectivity index is 3.10. The van der Waals surface area contributed by atoms with Crippen LogP contribution in [-0.4, -0.2) is 5.11 Å². The van der Waals surface area contributed by atoms with Crippen molar-refractivity contribution in [3.8, 4) is 0 Å². The first-order chi connectivity index (χ1) is 5.95. The van der Waals surface area contributed by atoms with Crippen LogP contribution >= 0.6 is 0 Å². The quantitative estimate of drug-likeness (QED) is 0.738. The molecule has 0 heterocycles. The van der Waals surface area contributed by atoms with Crippen LogP contribution in [0, 0.1) is 6.92 Å². The lowest BCUT2D eigenvalue weighted by atomic mass is 9.94. The van der Waals surface area contributed by atoms with Crippen LogP contribution in [0.3, 0.4) is 0 Å². The Kier molecular flexibility index (Phi) is 2.77. The molecular formula is C12H18O. The van der Waals surface area contributed by atoms with Gasteiger partial charge < -0.3 is 5.11 Å². The van der Waals surface area contributed by atoms with Gasteiger partial charge in [-0.25, -0.2) is 0 Å². The van der Waals surface area contributed by atoms with Gasteiger partial charge in [0.1, 0.15) is 0 Å². The van der Waals surface area contributed by atoms with E-state index in [0.29, 0.717) is 0 Å². The predicted octanol–water partition coefficient (Wildman–Crippen LogP) is 2.78. The molecule has 1 N–H and O–H groups in total. The summed E-state index contributed by atoms with van der Waals surface area (Å²) in [6, 6.07) is 6.17. The first-order valence-electron chi connectivity index (χ1n) is 4.77. The zero-order valence-corrected chi connectivity index (χ0v) is 8.89. The summed E-state index contributed by atoms with van der Waals surface area (Å²) in [6.45, 7) is 7.86. The minimum Gasteiger partial charge on any atom is -0.386 e. The molecule has 0 aliphatic carbocycles. The summed E-state index contributed by atoms with van der Waals surface area (Å²) in [5.74, 6) is 0. The molecule has 1 heteroatoms. The lowest BCUT2D eigenvalue weighted by molar-refractivity contribution is 0.0785. The van der Waals surface area contributed by atoms with Crippen molar-refractivity contribution in [1.29, 1.82) is 0 Å². The fourth-order valence-corrected chi connectivity index (χ4v) is 1.47. The molecule has 0 aliphatic heterocycles. The van der Waals surface area contributed by atoms with Crippen molar-refractivity contribution in [1.82, 2.24) is 0 Å². The average molecular weight is 178 g/mol. The van der Waals surface area contributed by atoms with Crippen LogP contribution < -0.4 is 0 Å². The van der Waals surface area contributed by atoms with Crippen LogP contribution in [0.15, 0.2) is 18.2 Å². The van der Waals surface area contributed by atoms with Crippen molar-refractivity contribution < 1.29 is 5.11 Å². The standard InChI is InChI=1S/C12H18O/c1-5-10-6-7-11(8-9(10)2)12(3,4)13/h6-8,13H,5H2,1-4H3. The molecule has 1 rings (SSSR count). The summed E-state index contributed by atoms with van der Waals surface area (Å²) in [5.41, 5.74) is 2.88. The van der Waals surface area contributed by atoms with Crippen molar-refractivity contribution >= 4 is 0 Å². The number of rotatable bonds is 2. The molecule has 0 bridgehead atoms. The van der Waals surface area contributed by atoms with Gasteiger partial charge in [0.15, 0.2) is 0 Å². The number of aliphatic hydroxyl groups is 1. The van der Waals surface area contributed by atoms with E-state index in [2.05, 4.69) is 26.0 Å². The highest BCUT2D eigenvalue weighted by Gasteiger charge is 2.15. The Morgan fingerprint density at radius 3 is 2.31 bits per heavy atom. The van der Waals surface area contributed by atoms with E-state index in [1.807, 2.05) is 19.9 Å². The number of aryl methyl sites for hydroxylation is 2. The van der Waals surface area contributed by atoms with Crippen molar-refractivity contribution in [2.75, 3.05) is 0 Å². The number of benzene rings is 1. The predicted molar refractivity (Wildman–Crippen MR) is 55.8 cm³/mol. The molecule has 1 nitrogen and oxygen atoms in total. The third-order valence-electron chi connectivity index (χ3n) is 2.43. The first kappa shape index (κ1) is 10.3. The zero-order valence-electron chi connectivity index (χ0n) is 8.89. The zero-order chi connectivity index (χ0) is 10.1. The molecule has 0 aliphatic rings. The number of hydrogen-bond acceptors (Lipinski definition) is 1. The third-order valence-corrected chi connectivity index (χ3v) is 2.43. The summed E-state index contributed by atoms with van der Waals surface area (Å²) in [5, 5.41) is 9.78. The van der Waals surface area contributed by atoms with Crippen LogP contribution in [0.25, 0.3) is 0 Å². The average Bonchev–Trinajstić information content (AvgIpc) is 2.02. The van der Waals surface area contributed by atoms with Gasteiger partial charge in [-0.05, 0) is 43.9 Å². The van der Waals surface area contributed by atoms with Gasteiger partial charge in [-0.1, -0.05) is 25.1 Å². The van der Waals surface area contributed by atoms with E-state index in [4.69, 9.17) is 0 Å². The molecule has 0 amide bonds. The maximum atomic E-state index is 9.78. The summed E-state index contributed by atoms with van der Waals surface area (Å²) in [7, 11) is 0. The van der Waals surface area contributed by atoms with E-state index in [1.165, 1.54) is 11.1 Å². The minimum absolute atomic E-state index is 0.725. The molecule has 0 spiro atoms. The second-order valence-electron chi connectivity index (χ2n) is 4.05. The van der Waals surface area contributed by atoms with Crippen molar-refractivity contribution in [3.63, 3.8) is 0 Å². The topological polar surface area (TPSA) is 20.2 Å². The van der Waals surface area contributed by atoms with Gasteiger partial charge in [-0.2, -0.15) is 0 Å². The molecule has 13 heavy (non-hydrogen) atoms. The number of hydrogen-bond donors (Lipinski definition) is 1. The van der Waals surface area contributed by atoms with Gasteiger partial charge in [-0.3, -0.25) is 0 Å². The van der Waals surface area contributed by atoms with Crippen LogP contribution in [0.4, 0.5) is 0 Å². The van der Waals surface area contributed by atoms with Crippen molar-refractivity contribution in [2.24, 2.45) is 0 Å². The normalized spacial score (nSPS) is 11.8. The van der Waals surface area contributed by atoms with E-state index in [0.717, 1.165) is 12.0 Å². The molecule has 0 unspecified atom stereocenters. The maximum Gasteiger partial charge on any atom is 0.0840 e. The molecule has 0 saturated heterocycles. The lowest BCUT2D eigenvalue weighted by Gasteiger charge is -2.19. The van der Waals surface area contributed by atoms with Crippen LogP contribution in [0.1, 0.15) is 37.5 Å². The third kappa shape index (κ3) is 2.31. The SMILES string of the molecule is CCc1ccc(C(C)(C)O)cc1C. The Morgan fingerprint density at radius 2 is 1.92 bits per heavy atom. The molecule has 0 aromatic heterocycles. The Hall–Kier alpha value is -0.820. The molecule has 0 saturated carbocycles. The lowest BCUT2D eigenvalue weighted by Crippen LogP contribution is -2.15. The largest absolute Gasteiger partial charge is 0.386 e. The second-order valence-corrected chi connectivity index (χ2v) is 4.05. The van der Waals surface area contributed by atoms with E-state index in [1.54, 1.807) is 0 Å². The molecule has 72 valence electrons. The van der Waals surface area contributed by atoms with E-state index in [9.17, 15) is 5.11 Å². The van der Waals surface area contributed by atoms with Crippen LogP contribution in [0.2, 0.25) is 0 Å². The van der Waals surface area contributed by atoms with Crippen LogP contribution in [-0.2, 0) is 12.0 Å². The highest BCUT2D eigenvalue weighted by atomic mass is 16.3. The molecule has 0 radical (unpaired) electrons. The summed E-state index contributed by atoms with van der Waals surface area (Å²) in [6.07, 6.45) is 1.05. The fourth-order valence-electron chi connectivity index (χ4n) is 1.47. The molecule has 0 fully saturated rings. The van der Waals surface area contributed by atoms with Gasteiger partial charge in [-0.15, -0.1) is 0 Å². The van der Waals surface area contributed by atoms with Gasteiger partial charge in [0.25, 0.3) is 0 Å². The molecule has 1 aromatic rings. The van der Waals surface area contributed by atoms with E-state index < -0.39 is 5.60 Å². The van der Waals surface area contributed by atoms with Gasteiger partial charge in [0.05, 0.1) is 5.60 Å². The van der Waals surface area contributed by atoms with E-state index >= 15 is 0 Å². The maximum absolute atomic E-state index is 9.78. The summed E-state index contributed by atoms with van der Waals surface area (Å²) >= 11 is 0. The van der Waals surface area contributed by atoms with Gasteiger partial charge >= 0.3 is 0 Å². The minimum atomic E-state index is -0.725. The molecular weight excluding hydrogens is 160 g/mol. The highest BCUT2D eigenvalue weighted by Crippen LogP contribution is 2.22. The summed E-state index contributed by atoms with van der Waals surface area (Å²) < 4.78 is 0.